The van der Waals surface area contributed by atoms with Gasteiger partial charge in [0, 0.05) is 30.6 Å². The zero-order chi connectivity index (χ0) is 13.0. The summed E-state index contributed by atoms with van der Waals surface area (Å²) in [6.07, 6.45) is 1.81. The molecule has 0 aliphatic rings. The van der Waals surface area contributed by atoms with Crippen molar-refractivity contribution in [1.82, 2.24) is 15.0 Å². The fraction of sp³-hybridized carbons (Fsp3) is 0.417. The van der Waals surface area contributed by atoms with E-state index in [1.54, 1.807) is 17.5 Å². The van der Waals surface area contributed by atoms with Crippen LogP contribution in [0.4, 0.5) is 11.6 Å². The second-order valence-electron chi connectivity index (χ2n) is 4.18. The molecule has 2 rings (SSSR count). The van der Waals surface area contributed by atoms with E-state index in [0.29, 0.717) is 12.5 Å². The van der Waals surface area contributed by atoms with E-state index in [-0.39, 0.29) is 0 Å². The predicted molar refractivity (Wildman–Crippen MR) is 75.1 cm³/mol. The summed E-state index contributed by atoms with van der Waals surface area (Å²) in [5.41, 5.74) is 0. The molecule has 0 atom stereocenters. The van der Waals surface area contributed by atoms with Crippen molar-refractivity contribution >= 4 is 23.0 Å². The molecular weight excluding hydrogens is 246 g/mol. The molecule has 0 radical (unpaired) electrons. The third kappa shape index (κ3) is 3.16. The Labute approximate surface area is 111 Å². The van der Waals surface area contributed by atoms with Crippen molar-refractivity contribution < 1.29 is 0 Å². The highest BCUT2D eigenvalue weighted by Crippen LogP contribution is 2.17. The van der Waals surface area contributed by atoms with Crippen LogP contribution in [0.1, 0.15) is 30.6 Å². The average molecular weight is 263 g/mol. The largest absolute Gasteiger partial charge is 0.373 e. The van der Waals surface area contributed by atoms with Crippen molar-refractivity contribution in [2.45, 2.75) is 26.3 Å². The molecule has 0 aliphatic carbocycles. The minimum atomic E-state index is 0.304. The number of hydrogen-bond donors (Lipinski definition) is 2. The Hall–Kier alpha value is -1.69. The highest BCUT2D eigenvalue weighted by Gasteiger charge is 2.07. The van der Waals surface area contributed by atoms with E-state index in [0.717, 1.165) is 22.5 Å². The van der Waals surface area contributed by atoms with E-state index in [9.17, 15) is 0 Å². The van der Waals surface area contributed by atoms with Crippen LogP contribution in [0.25, 0.3) is 0 Å². The minimum Gasteiger partial charge on any atom is -0.373 e. The fourth-order valence-corrected chi connectivity index (χ4v) is 2.01. The first-order valence-electron chi connectivity index (χ1n) is 5.88. The molecule has 6 heteroatoms. The fourth-order valence-electron chi connectivity index (χ4n) is 1.45. The summed E-state index contributed by atoms with van der Waals surface area (Å²) >= 11 is 1.63. The van der Waals surface area contributed by atoms with Crippen LogP contribution in [-0.2, 0) is 6.54 Å². The first kappa shape index (κ1) is 12.8. The van der Waals surface area contributed by atoms with Gasteiger partial charge in [-0.2, -0.15) is 0 Å². The van der Waals surface area contributed by atoms with Gasteiger partial charge in [0.1, 0.15) is 22.5 Å². The van der Waals surface area contributed by atoms with Crippen LogP contribution in [-0.4, -0.2) is 22.0 Å². The van der Waals surface area contributed by atoms with Crippen LogP contribution in [0.15, 0.2) is 17.6 Å². The zero-order valence-corrected chi connectivity index (χ0v) is 11.6. The van der Waals surface area contributed by atoms with Crippen LogP contribution < -0.4 is 10.6 Å². The van der Waals surface area contributed by atoms with Crippen LogP contribution in [0.3, 0.4) is 0 Å². The normalized spacial score (nSPS) is 10.7. The number of anilines is 2. The Morgan fingerprint density at radius 2 is 2.06 bits per heavy atom. The number of nitrogens with zero attached hydrogens (tertiary/aromatic N) is 3. The van der Waals surface area contributed by atoms with Gasteiger partial charge < -0.3 is 10.6 Å². The number of rotatable bonds is 5. The predicted octanol–water partition coefficient (Wildman–Crippen LogP) is 2.71. The van der Waals surface area contributed by atoms with E-state index < -0.39 is 0 Å². The molecule has 2 N–H and O–H groups in total. The quantitative estimate of drug-likeness (QED) is 0.868. The van der Waals surface area contributed by atoms with Crippen LogP contribution in [0.2, 0.25) is 0 Å². The summed E-state index contributed by atoms with van der Waals surface area (Å²) in [6, 6.07) is 1.90. The van der Waals surface area contributed by atoms with Crippen LogP contribution >= 0.6 is 11.3 Å². The molecule has 0 amide bonds. The van der Waals surface area contributed by atoms with Gasteiger partial charge >= 0.3 is 0 Å². The number of nitrogens with one attached hydrogen (secondary N) is 2. The summed E-state index contributed by atoms with van der Waals surface area (Å²) in [5, 5.41) is 9.34. The smallest absolute Gasteiger partial charge is 0.135 e. The lowest BCUT2D eigenvalue weighted by molar-refractivity contribution is 0.776. The van der Waals surface area contributed by atoms with Crippen molar-refractivity contribution in [1.29, 1.82) is 0 Å². The molecule has 0 unspecified atom stereocenters. The Balaban J connectivity index is 2.13. The van der Waals surface area contributed by atoms with Crippen LogP contribution in [0.5, 0.6) is 0 Å². The lowest BCUT2D eigenvalue weighted by atomic mass is 10.2. The molecule has 0 bridgehead atoms. The summed E-state index contributed by atoms with van der Waals surface area (Å²) in [7, 11) is 1.86. The Kier molecular flexibility index (Phi) is 4.09. The van der Waals surface area contributed by atoms with Crippen molar-refractivity contribution in [3.05, 3.63) is 28.5 Å². The minimum absolute atomic E-state index is 0.304. The number of thiazole rings is 1. The topological polar surface area (TPSA) is 62.7 Å². The molecule has 0 aliphatic heterocycles. The molecule has 0 aromatic carbocycles. The van der Waals surface area contributed by atoms with Gasteiger partial charge in [0.2, 0.25) is 0 Å². The lowest BCUT2D eigenvalue weighted by Crippen LogP contribution is -2.07. The second kappa shape index (κ2) is 5.77. The highest BCUT2D eigenvalue weighted by atomic mass is 32.1. The third-order valence-corrected chi connectivity index (χ3v) is 3.20. The molecule has 2 aromatic heterocycles. The van der Waals surface area contributed by atoms with E-state index in [1.807, 2.05) is 18.5 Å². The van der Waals surface area contributed by atoms with Gasteiger partial charge in [-0.25, -0.2) is 15.0 Å². The molecule has 5 nitrogen and oxygen atoms in total. The highest BCUT2D eigenvalue weighted by molar-refractivity contribution is 7.09. The molecule has 0 fully saturated rings. The van der Waals surface area contributed by atoms with Crippen molar-refractivity contribution in [3.63, 3.8) is 0 Å². The van der Waals surface area contributed by atoms with Gasteiger partial charge in [0.15, 0.2) is 0 Å². The molecule has 18 heavy (non-hydrogen) atoms. The van der Waals surface area contributed by atoms with Crippen molar-refractivity contribution in [3.8, 4) is 0 Å². The summed E-state index contributed by atoms with van der Waals surface area (Å²) in [6.45, 7) is 4.86. The monoisotopic (exact) mass is 263 g/mol. The molecule has 96 valence electrons. The molecule has 0 saturated carbocycles. The van der Waals surface area contributed by atoms with E-state index >= 15 is 0 Å². The maximum atomic E-state index is 4.49. The maximum absolute atomic E-state index is 4.49. The first-order valence-corrected chi connectivity index (χ1v) is 6.76. The summed E-state index contributed by atoms with van der Waals surface area (Å²) in [4.78, 5) is 13.1. The number of aromatic nitrogens is 3. The van der Waals surface area contributed by atoms with E-state index in [4.69, 9.17) is 0 Å². The molecule has 2 aromatic rings. The van der Waals surface area contributed by atoms with E-state index in [2.05, 4.69) is 39.4 Å². The van der Waals surface area contributed by atoms with Gasteiger partial charge in [0.05, 0.1) is 6.54 Å². The summed E-state index contributed by atoms with van der Waals surface area (Å²) in [5.74, 6) is 2.80. The lowest BCUT2D eigenvalue weighted by Gasteiger charge is -2.10. The van der Waals surface area contributed by atoms with Gasteiger partial charge in [-0.05, 0) is 0 Å². The molecule has 0 spiro atoms. The average Bonchev–Trinajstić information content (AvgIpc) is 2.89. The standard InChI is InChI=1S/C12H17N5S/c1-8(2)12-16-9(13-3)6-10(17-12)15-7-11-14-4-5-18-11/h4-6,8H,7H2,1-3H3,(H2,13,15,16,17). The van der Waals surface area contributed by atoms with Crippen molar-refractivity contribution in [2.24, 2.45) is 0 Å². The molecule has 2 heterocycles. The van der Waals surface area contributed by atoms with Gasteiger partial charge in [-0.1, -0.05) is 13.8 Å². The molecule has 0 saturated heterocycles. The first-order chi connectivity index (χ1) is 8.69. The van der Waals surface area contributed by atoms with E-state index in [1.165, 1.54) is 0 Å². The SMILES string of the molecule is CNc1cc(NCc2nccs2)nc(C(C)C)n1. The van der Waals surface area contributed by atoms with Crippen LogP contribution in [0, 0.1) is 0 Å². The van der Waals surface area contributed by atoms with Gasteiger partial charge in [-0.15, -0.1) is 11.3 Å². The summed E-state index contributed by atoms with van der Waals surface area (Å²) < 4.78 is 0. The van der Waals surface area contributed by atoms with Gasteiger partial charge in [-0.3, -0.25) is 0 Å². The van der Waals surface area contributed by atoms with Crippen molar-refractivity contribution in [2.75, 3.05) is 17.7 Å². The second-order valence-corrected chi connectivity index (χ2v) is 5.16. The Morgan fingerprint density at radius 3 is 2.67 bits per heavy atom. The third-order valence-electron chi connectivity index (χ3n) is 2.42. The number of hydrogen-bond acceptors (Lipinski definition) is 6. The van der Waals surface area contributed by atoms with Gasteiger partial charge in [0.25, 0.3) is 0 Å². The maximum Gasteiger partial charge on any atom is 0.135 e. The Bertz CT molecular complexity index is 495. The Morgan fingerprint density at radius 1 is 1.28 bits per heavy atom. The zero-order valence-electron chi connectivity index (χ0n) is 10.8. The molecular formula is C12H17N5S.